The Bertz CT molecular complexity index is 613. The molecule has 2 aliphatic rings. The van der Waals surface area contributed by atoms with Gasteiger partial charge in [0.05, 0.1) is 29.3 Å². The van der Waals surface area contributed by atoms with Crippen LogP contribution < -0.4 is 10.2 Å². The summed E-state index contributed by atoms with van der Waals surface area (Å²) >= 11 is 0. The number of urea groups is 1. The Hall–Kier alpha value is -1.76. The van der Waals surface area contributed by atoms with E-state index in [0.29, 0.717) is 5.69 Å². The first-order chi connectivity index (χ1) is 8.48. The van der Waals surface area contributed by atoms with Crippen LogP contribution in [0.2, 0.25) is 0 Å². The van der Waals surface area contributed by atoms with Gasteiger partial charge in [0, 0.05) is 0 Å². The van der Waals surface area contributed by atoms with E-state index in [4.69, 9.17) is 0 Å². The molecule has 3 rings (SSSR count). The van der Waals surface area contributed by atoms with Gasteiger partial charge in [-0.25, -0.2) is 13.2 Å². The quantitative estimate of drug-likeness (QED) is 0.707. The van der Waals surface area contributed by atoms with Crippen molar-refractivity contribution in [2.45, 2.75) is 12.1 Å². The number of fused-ring (bicyclic) bond motifs is 1. The summed E-state index contributed by atoms with van der Waals surface area (Å²) in [5.74, 6) is -0.129. The van der Waals surface area contributed by atoms with Crippen molar-refractivity contribution in [2.75, 3.05) is 16.4 Å². The molecule has 0 saturated carbocycles. The van der Waals surface area contributed by atoms with Crippen LogP contribution in [0.15, 0.2) is 24.3 Å². The molecule has 0 bridgehead atoms. The number of benzene rings is 1. The predicted octanol–water partition coefficient (Wildman–Crippen LogP) is 0.0874. The van der Waals surface area contributed by atoms with Crippen LogP contribution in [0.3, 0.4) is 0 Å². The number of sulfone groups is 1. The Balaban J connectivity index is 2.02. The zero-order chi connectivity index (χ0) is 12.9. The summed E-state index contributed by atoms with van der Waals surface area (Å²) in [6.45, 7) is 0. The zero-order valence-corrected chi connectivity index (χ0v) is 10.2. The number of phenolic OH excluding ortho intramolecular Hbond substituents is 1. The first-order valence-electron chi connectivity index (χ1n) is 5.56. The molecule has 0 aromatic heterocycles. The maximum absolute atomic E-state index is 11.9. The Morgan fingerprint density at radius 1 is 1.28 bits per heavy atom. The summed E-state index contributed by atoms with van der Waals surface area (Å²) in [4.78, 5) is 13.2. The van der Waals surface area contributed by atoms with Crippen LogP contribution in [0.25, 0.3) is 0 Å². The van der Waals surface area contributed by atoms with Gasteiger partial charge in [-0.1, -0.05) is 12.1 Å². The van der Waals surface area contributed by atoms with E-state index >= 15 is 0 Å². The van der Waals surface area contributed by atoms with Crippen molar-refractivity contribution in [2.24, 2.45) is 0 Å². The average molecular weight is 268 g/mol. The molecule has 0 spiro atoms. The van der Waals surface area contributed by atoms with Crippen molar-refractivity contribution in [3.8, 4) is 5.75 Å². The van der Waals surface area contributed by atoms with E-state index in [-0.39, 0.29) is 29.3 Å². The lowest BCUT2D eigenvalue weighted by Gasteiger charge is -2.21. The molecule has 0 aliphatic carbocycles. The molecule has 6 nitrogen and oxygen atoms in total. The summed E-state index contributed by atoms with van der Waals surface area (Å²) < 4.78 is 23.1. The minimum absolute atomic E-state index is 0.0300. The number of hydrogen-bond acceptors (Lipinski definition) is 4. The fourth-order valence-corrected chi connectivity index (χ4v) is 4.45. The number of rotatable bonds is 1. The Morgan fingerprint density at radius 2 is 2.00 bits per heavy atom. The van der Waals surface area contributed by atoms with Crippen molar-refractivity contribution in [3.63, 3.8) is 0 Å². The molecule has 18 heavy (non-hydrogen) atoms. The molecule has 2 heterocycles. The fraction of sp³-hybridized carbons (Fsp3) is 0.364. The van der Waals surface area contributed by atoms with Crippen LogP contribution in [0.4, 0.5) is 10.5 Å². The topological polar surface area (TPSA) is 86.7 Å². The molecule has 2 saturated heterocycles. The van der Waals surface area contributed by atoms with Crippen molar-refractivity contribution in [1.82, 2.24) is 5.32 Å². The third-order valence-corrected chi connectivity index (χ3v) is 5.04. The highest BCUT2D eigenvalue weighted by Gasteiger charge is 2.49. The van der Waals surface area contributed by atoms with Gasteiger partial charge in [0.1, 0.15) is 5.75 Å². The highest BCUT2D eigenvalue weighted by atomic mass is 32.2. The van der Waals surface area contributed by atoms with Crippen molar-refractivity contribution < 1.29 is 18.3 Å². The number of amides is 2. The van der Waals surface area contributed by atoms with Crippen molar-refractivity contribution in [1.29, 1.82) is 0 Å². The molecule has 0 radical (unpaired) electrons. The van der Waals surface area contributed by atoms with Crippen LogP contribution in [0.1, 0.15) is 0 Å². The number of para-hydroxylation sites is 2. The Morgan fingerprint density at radius 3 is 2.72 bits per heavy atom. The Labute approximate surface area is 104 Å². The number of aromatic hydroxyl groups is 1. The standard InChI is InChI=1S/C11H12N2O4S/c14-10-4-2-1-3-8(10)13-9-6-18(16,17)5-7(9)12-11(13)15/h1-4,7,9,14H,5-6H2,(H,12,15). The number of hydrogen-bond donors (Lipinski definition) is 2. The summed E-state index contributed by atoms with van der Waals surface area (Å²) in [6, 6.07) is 5.23. The molecule has 2 atom stereocenters. The van der Waals surface area contributed by atoms with E-state index in [0.717, 1.165) is 0 Å². The van der Waals surface area contributed by atoms with Gasteiger partial charge in [0.25, 0.3) is 0 Å². The third-order valence-electron chi connectivity index (χ3n) is 3.32. The molecule has 96 valence electrons. The molecule has 2 aliphatic heterocycles. The molecular weight excluding hydrogens is 256 g/mol. The molecule has 2 fully saturated rings. The van der Waals surface area contributed by atoms with Gasteiger partial charge in [-0.3, -0.25) is 4.90 Å². The summed E-state index contributed by atoms with van der Waals surface area (Å²) in [6.07, 6.45) is 0. The van der Waals surface area contributed by atoms with E-state index in [1.54, 1.807) is 18.2 Å². The van der Waals surface area contributed by atoms with Crippen LogP contribution in [0.5, 0.6) is 5.75 Å². The molecule has 2 unspecified atom stereocenters. The lowest BCUT2D eigenvalue weighted by molar-refractivity contribution is 0.251. The van der Waals surface area contributed by atoms with E-state index in [9.17, 15) is 18.3 Å². The highest BCUT2D eigenvalue weighted by molar-refractivity contribution is 7.91. The SMILES string of the molecule is O=C1NC2CS(=O)(=O)CC2N1c1ccccc1O. The molecule has 7 heteroatoms. The molecule has 2 N–H and O–H groups in total. The molecule has 1 aromatic rings. The molecule has 2 amide bonds. The first kappa shape index (κ1) is 11.3. The van der Waals surface area contributed by atoms with Gasteiger partial charge in [-0.2, -0.15) is 0 Å². The smallest absolute Gasteiger partial charge is 0.322 e. The van der Waals surface area contributed by atoms with Gasteiger partial charge < -0.3 is 10.4 Å². The van der Waals surface area contributed by atoms with Gasteiger partial charge in [0.15, 0.2) is 9.84 Å². The van der Waals surface area contributed by atoms with Crippen LogP contribution in [-0.2, 0) is 9.84 Å². The van der Waals surface area contributed by atoms with E-state index in [1.807, 2.05) is 0 Å². The van der Waals surface area contributed by atoms with Gasteiger partial charge >= 0.3 is 6.03 Å². The number of nitrogens with one attached hydrogen (secondary N) is 1. The van der Waals surface area contributed by atoms with E-state index in [2.05, 4.69) is 5.32 Å². The predicted molar refractivity (Wildman–Crippen MR) is 65.3 cm³/mol. The van der Waals surface area contributed by atoms with E-state index < -0.39 is 15.9 Å². The zero-order valence-electron chi connectivity index (χ0n) is 9.41. The van der Waals surface area contributed by atoms with Gasteiger partial charge in [-0.15, -0.1) is 0 Å². The highest BCUT2D eigenvalue weighted by Crippen LogP contribution is 2.34. The van der Waals surface area contributed by atoms with Gasteiger partial charge in [0.2, 0.25) is 0 Å². The maximum atomic E-state index is 11.9. The number of phenols is 1. The lowest BCUT2D eigenvalue weighted by atomic mass is 10.1. The van der Waals surface area contributed by atoms with Crippen molar-refractivity contribution in [3.05, 3.63) is 24.3 Å². The fourth-order valence-electron chi connectivity index (χ4n) is 2.56. The second-order valence-corrected chi connectivity index (χ2v) is 6.71. The minimum Gasteiger partial charge on any atom is -0.506 e. The number of carbonyl (C=O) groups excluding carboxylic acids is 1. The summed E-state index contributed by atoms with van der Waals surface area (Å²) in [5, 5.41) is 12.4. The monoisotopic (exact) mass is 268 g/mol. The molecule has 1 aromatic carbocycles. The Kier molecular flexibility index (Phi) is 2.28. The lowest BCUT2D eigenvalue weighted by Crippen LogP contribution is -2.36. The summed E-state index contributed by atoms with van der Waals surface area (Å²) in [5.41, 5.74) is 0.347. The number of carbonyl (C=O) groups is 1. The second-order valence-electron chi connectivity index (χ2n) is 4.56. The summed E-state index contributed by atoms with van der Waals surface area (Å²) in [7, 11) is -3.12. The van der Waals surface area contributed by atoms with Crippen molar-refractivity contribution >= 4 is 21.6 Å². The number of nitrogens with zero attached hydrogens (tertiary/aromatic N) is 1. The minimum atomic E-state index is -3.12. The maximum Gasteiger partial charge on any atom is 0.322 e. The molecular formula is C11H12N2O4S. The van der Waals surface area contributed by atoms with Crippen LogP contribution in [-0.4, -0.2) is 43.1 Å². The normalized spacial score (nSPS) is 29.1. The average Bonchev–Trinajstić information content (AvgIpc) is 2.70. The van der Waals surface area contributed by atoms with E-state index in [1.165, 1.54) is 11.0 Å². The second kappa shape index (κ2) is 3.61. The number of anilines is 1. The first-order valence-corrected chi connectivity index (χ1v) is 7.38. The van der Waals surface area contributed by atoms with Gasteiger partial charge in [-0.05, 0) is 12.1 Å². The third kappa shape index (κ3) is 1.62. The largest absolute Gasteiger partial charge is 0.506 e. The van der Waals surface area contributed by atoms with Crippen LogP contribution in [0, 0.1) is 0 Å². The van der Waals surface area contributed by atoms with Crippen LogP contribution >= 0.6 is 0 Å².